The standard InChI is InChI=1S/C9H11NO/c1-7(6-10)5-8-3-2-4-9(8)11/h3,7H,2,4-5H2,1H3. The van der Waals surface area contributed by atoms with Gasteiger partial charge in [-0.15, -0.1) is 0 Å². The molecule has 0 saturated carbocycles. The highest BCUT2D eigenvalue weighted by molar-refractivity contribution is 5.97. The van der Waals surface area contributed by atoms with Crippen molar-refractivity contribution in [2.75, 3.05) is 0 Å². The third-order valence-electron chi connectivity index (χ3n) is 1.87. The van der Waals surface area contributed by atoms with Gasteiger partial charge >= 0.3 is 0 Å². The Morgan fingerprint density at radius 2 is 2.55 bits per heavy atom. The monoisotopic (exact) mass is 149 g/mol. The summed E-state index contributed by atoms with van der Waals surface area (Å²) >= 11 is 0. The number of carbonyl (C=O) groups is 1. The molecule has 0 saturated heterocycles. The van der Waals surface area contributed by atoms with Gasteiger partial charge in [0.25, 0.3) is 0 Å². The third kappa shape index (κ3) is 1.91. The predicted molar refractivity (Wildman–Crippen MR) is 41.7 cm³/mol. The van der Waals surface area contributed by atoms with Gasteiger partial charge in [0, 0.05) is 12.3 Å². The van der Waals surface area contributed by atoms with E-state index in [1.807, 2.05) is 13.0 Å². The van der Waals surface area contributed by atoms with Crippen molar-refractivity contribution in [2.24, 2.45) is 5.92 Å². The smallest absolute Gasteiger partial charge is 0.158 e. The Morgan fingerprint density at radius 1 is 1.82 bits per heavy atom. The third-order valence-corrected chi connectivity index (χ3v) is 1.87. The lowest BCUT2D eigenvalue weighted by molar-refractivity contribution is -0.115. The van der Waals surface area contributed by atoms with Crippen LogP contribution in [0.4, 0.5) is 0 Å². The second-order valence-corrected chi connectivity index (χ2v) is 2.93. The lowest BCUT2D eigenvalue weighted by atomic mass is 10.0. The number of Topliss-reactive ketones (excluding diaryl/α,β-unsaturated/α-hetero) is 1. The molecule has 0 spiro atoms. The minimum atomic E-state index is -0.0247. The molecule has 0 aliphatic heterocycles. The first-order chi connectivity index (χ1) is 5.24. The molecule has 2 heteroatoms. The summed E-state index contributed by atoms with van der Waals surface area (Å²) in [5, 5.41) is 8.49. The van der Waals surface area contributed by atoms with Crippen LogP contribution in [0.1, 0.15) is 26.2 Å². The second kappa shape index (κ2) is 3.34. The summed E-state index contributed by atoms with van der Waals surface area (Å²) in [6, 6.07) is 2.12. The molecule has 0 amide bonds. The fraction of sp³-hybridized carbons (Fsp3) is 0.556. The van der Waals surface area contributed by atoms with Crippen LogP contribution in [0.2, 0.25) is 0 Å². The number of rotatable bonds is 2. The lowest BCUT2D eigenvalue weighted by Gasteiger charge is -2.00. The van der Waals surface area contributed by atoms with E-state index in [1.54, 1.807) is 0 Å². The maximum Gasteiger partial charge on any atom is 0.158 e. The minimum Gasteiger partial charge on any atom is -0.295 e. The van der Waals surface area contributed by atoms with E-state index in [-0.39, 0.29) is 11.7 Å². The molecule has 1 aliphatic rings. The maximum atomic E-state index is 11.0. The summed E-state index contributed by atoms with van der Waals surface area (Å²) < 4.78 is 0. The summed E-state index contributed by atoms with van der Waals surface area (Å²) in [6.07, 6.45) is 4.10. The molecule has 0 bridgehead atoms. The Labute approximate surface area is 66.5 Å². The van der Waals surface area contributed by atoms with Crippen LogP contribution in [-0.2, 0) is 4.79 Å². The number of ketones is 1. The van der Waals surface area contributed by atoms with E-state index >= 15 is 0 Å². The highest BCUT2D eigenvalue weighted by Crippen LogP contribution is 2.20. The van der Waals surface area contributed by atoms with Crippen LogP contribution in [-0.4, -0.2) is 5.78 Å². The molecular weight excluding hydrogens is 138 g/mol. The Morgan fingerprint density at radius 3 is 3.00 bits per heavy atom. The first kappa shape index (κ1) is 8.00. The largest absolute Gasteiger partial charge is 0.295 e. The SMILES string of the molecule is CC(C#N)CC1=CCCC1=O. The van der Waals surface area contributed by atoms with E-state index in [0.29, 0.717) is 12.8 Å². The summed E-state index contributed by atoms with van der Waals surface area (Å²) in [5.74, 6) is 0.204. The number of nitrogens with zero attached hydrogens (tertiary/aromatic N) is 1. The molecule has 1 atom stereocenters. The number of allylic oxidation sites excluding steroid dienone is 2. The van der Waals surface area contributed by atoms with Gasteiger partial charge < -0.3 is 0 Å². The number of carbonyl (C=O) groups excluding carboxylic acids is 1. The summed E-state index contributed by atoms with van der Waals surface area (Å²) in [4.78, 5) is 11.0. The lowest BCUT2D eigenvalue weighted by Crippen LogP contribution is -2.00. The molecule has 0 N–H and O–H groups in total. The van der Waals surface area contributed by atoms with Gasteiger partial charge in [-0.3, -0.25) is 4.79 Å². The molecule has 0 radical (unpaired) electrons. The molecule has 0 aromatic heterocycles. The van der Waals surface area contributed by atoms with Crippen LogP contribution in [0.3, 0.4) is 0 Å². The van der Waals surface area contributed by atoms with E-state index in [2.05, 4.69) is 6.07 Å². The van der Waals surface area contributed by atoms with Crippen LogP contribution < -0.4 is 0 Å². The fourth-order valence-corrected chi connectivity index (χ4v) is 1.22. The van der Waals surface area contributed by atoms with Crippen LogP contribution in [0.15, 0.2) is 11.6 Å². The van der Waals surface area contributed by atoms with Crippen molar-refractivity contribution in [2.45, 2.75) is 26.2 Å². The van der Waals surface area contributed by atoms with Crippen molar-refractivity contribution in [1.82, 2.24) is 0 Å². The highest BCUT2D eigenvalue weighted by atomic mass is 16.1. The van der Waals surface area contributed by atoms with Gasteiger partial charge in [-0.1, -0.05) is 6.08 Å². The van der Waals surface area contributed by atoms with E-state index in [0.717, 1.165) is 12.0 Å². The molecule has 11 heavy (non-hydrogen) atoms. The van der Waals surface area contributed by atoms with E-state index in [1.165, 1.54) is 0 Å². The average molecular weight is 149 g/mol. The van der Waals surface area contributed by atoms with Crippen LogP contribution in [0.5, 0.6) is 0 Å². The van der Waals surface area contributed by atoms with Crippen molar-refractivity contribution in [3.05, 3.63) is 11.6 Å². The second-order valence-electron chi connectivity index (χ2n) is 2.93. The van der Waals surface area contributed by atoms with Gasteiger partial charge in [-0.05, 0) is 25.3 Å². The van der Waals surface area contributed by atoms with Gasteiger partial charge in [0.1, 0.15) is 0 Å². The maximum absolute atomic E-state index is 11.0. The summed E-state index contributed by atoms with van der Waals surface area (Å²) in [7, 11) is 0. The minimum absolute atomic E-state index is 0.0247. The zero-order chi connectivity index (χ0) is 8.27. The van der Waals surface area contributed by atoms with Crippen molar-refractivity contribution in [3.63, 3.8) is 0 Å². The molecule has 1 rings (SSSR count). The van der Waals surface area contributed by atoms with Gasteiger partial charge in [0.2, 0.25) is 0 Å². The van der Waals surface area contributed by atoms with Crippen molar-refractivity contribution < 1.29 is 4.79 Å². The zero-order valence-electron chi connectivity index (χ0n) is 6.63. The van der Waals surface area contributed by atoms with Gasteiger partial charge in [0.15, 0.2) is 5.78 Å². The van der Waals surface area contributed by atoms with Gasteiger partial charge in [-0.2, -0.15) is 5.26 Å². The first-order valence-electron chi connectivity index (χ1n) is 3.86. The van der Waals surface area contributed by atoms with E-state index in [4.69, 9.17) is 5.26 Å². The highest BCUT2D eigenvalue weighted by Gasteiger charge is 2.16. The summed E-state index contributed by atoms with van der Waals surface area (Å²) in [5.41, 5.74) is 0.860. The van der Waals surface area contributed by atoms with Gasteiger partial charge in [0.05, 0.1) is 6.07 Å². The first-order valence-corrected chi connectivity index (χ1v) is 3.86. The van der Waals surface area contributed by atoms with Gasteiger partial charge in [-0.25, -0.2) is 0 Å². The average Bonchev–Trinajstić information content (AvgIpc) is 2.37. The zero-order valence-corrected chi connectivity index (χ0v) is 6.63. The Balaban J connectivity index is 2.51. The normalized spacial score (nSPS) is 19.3. The van der Waals surface area contributed by atoms with Crippen LogP contribution >= 0.6 is 0 Å². The van der Waals surface area contributed by atoms with Crippen molar-refractivity contribution in [1.29, 1.82) is 5.26 Å². The molecule has 0 aromatic carbocycles. The molecule has 1 unspecified atom stereocenters. The van der Waals surface area contributed by atoms with Crippen LogP contribution in [0, 0.1) is 17.2 Å². The Hall–Kier alpha value is -1.10. The predicted octanol–water partition coefficient (Wildman–Crippen LogP) is 1.83. The van der Waals surface area contributed by atoms with E-state index in [9.17, 15) is 4.79 Å². The quantitative estimate of drug-likeness (QED) is 0.601. The number of hydrogen-bond acceptors (Lipinski definition) is 2. The van der Waals surface area contributed by atoms with Crippen molar-refractivity contribution in [3.8, 4) is 6.07 Å². The van der Waals surface area contributed by atoms with Crippen molar-refractivity contribution >= 4 is 5.78 Å². The number of nitriles is 1. The van der Waals surface area contributed by atoms with Crippen LogP contribution in [0.25, 0.3) is 0 Å². The molecule has 0 aromatic rings. The van der Waals surface area contributed by atoms with E-state index < -0.39 is 0 Å². The topological polar surface area (TPSA) is 40.9 Å². The molecular formula is C9H11NO. The molecule has 1 aliphatic carbocycles. The molecule has 2 nitrogen and oxygen atoms in total. The Kier molecular flexibility index (Phi) is 2.43. The molecule has 0 heterocycles. The summed E-state index contributed by atoms with van der Waals surface area (Å²) in [6.45, 7) is 1.84. The Bertz CT molecular complexity index is 234. The number of hydrogen-bond donors (Lipinski definition) is 0. The fourth-order valence-electron chi connectivity index (χ4n) is 1.22. The molecule has 58 valence electrons. The molecule has 0 fully saturated rings.